The van der Waals surface area contributed by atoms with Gasteiger partial charge in [-0.1, -0.05) is 23.9 Å². The summed E-state index contributed by atoms with van der Waals surface area (Å²) in [4.78, 5) is 29.6. The zero-order valence-corrected chi connectivity index (χ0v) is 14.4. The van der Waals surface area contributed by atoms with Crippen LogP contribution in [0.3, 0.4) is 0 Å². The molecular weight excluding hydrogens is 310 g/mol. The molecule has 1 N–H and O–H groups in total. The number of carbonyl (C=O) groups excluding carboxylic acids is 1. The third-order valence-corrected chi connectivity index (χ3v) is 4.84. The van der Waals surface area contributed by atoms with Crippen LogP contribution >= 0.6 is 11.8 Å². The van der Waals surface area contributed by atoms with E-state index in [0.717, 1.165) is 12.8 Å². The molecule has 1 fully saturated rings. The topological polar surface area (TPSA) is 64.0 Å². The lowest BCUT2D eigenvalue weighted by atomic mass is 10.2. The third kappa shape index (κ3) is 3.42. The first-order chi connectivity index (χ1) is 11.0. The van der Waals surface area contributed by atoms with Gasteiger partial charge < -0.3 is 5.32 Å². The lowest BCUT2D eigenvalue weighted by Gasteiger charge is -2.17. The molecule has 1 aliphatic carbocycles. The molecule has 122 valence electrons. The second-order valence-corrected chi connectivity index (χ2v) is 7.55. The molecule has 0 radical (unpaired) electrons. The first kappa shape index (κ1) is 16.1. The van der Waals surface area contributed by atoms with Crippen molar-refractivity contribution >= 4 is 28.6 Å². The van der Waals surface area contributed by atoms with Gasteiger partial charge >= 0.3 is 0 Å². The second kappa shape index (κ2) is 6.35. The molecule has 5 nitrogen and oxygen atoms in total. The summed E-state index contributed by atoms with van der Waals surface area (Å²) in [5, 5.41) is 3.89. The van der Waals surface area contributed by atoms with Crippen molar-refractivity contribution in [2.24, 2.45) is 0 Å². The summed E-state index contributed by atoms with van der Waals surface area (Å²) in [7, 11) is 0. The van der Waals surface area contributed by atoms with Gasteiger partial charge in [-0.05, 0) is 45.7 Å². The first-order valence-electron chi connectivity index (χ1n) is 7.95. The number of benzene rings is 1. The molecule has 6 heteroatoms. The Kier molecular flexibility index (Phi) is 4.43. The van der Waals surface area contributed by atoms with Gasteiger partial charge in [0.2, 0.25) is 5.91 Å². The maximum atomic E-state index is 12.8. The van der Waals surface area contributed by atoms with Crippen molar-refractivity contribution in [3.8, 4) is 0 Å². The van der Waals surface area contributed by atoms with Crippen LogP contribution < -0.4 is 10.9 Å². The monoisotopic (exact) mass is 331 g/mol. The first-order valence-corrected chi connectivity index (χ1v) is 8.83. The Labute approximate surface area is 139 Å². The Morgan fingerprint density at radius 1 is 1.30 bits per heavy atom. The van der Waals surface area contributed by atoms with Crippen molar-refractivity contribution in [1.29, 1.82) is 0 Å². The number of hydrogen-bond donors (Lipinski definition) is 1. The van der Waals surface area contributed by atoms with E-state index in [1.807, 2.05) is 45.0 Å². The molecule has 1 aromatic heterocycles. The minimum Gasteiger partial charge on any atom is -0.353 e. The van der Waals surface area contributed by atoms with Crippen LogP contribution in [0, 0.1) is 0 Å². The molecule has 23 heavy (non-hydrogen) atoms. The number of para-hydroxylation sites is 1. The van der Waals surface area contributed by atoms with E-state index >= 15 is 0 Å². The molecule has 0 bridgehead atoms. The van der Waals surface area contributed by atoms with Gasteiger partial charge in [0.25, 0.3) is 5.56 Å². The quantitative estimate of drug-likeness (QED) is 0.676. The highest BCUT2D eigenvalue weighted by Gasteiger charge is 2.30. The summed E-state index contributed by atoms with van der Waals surface area (Å²) in [5.41, 5.74) is 0.686. The predicted octanol–water partition coefficient (Wildman–Crippen LogP) is 2.74. The Hall–Kier alpha value is -1.82. The van der Waals surface area contributed by atoms with Crippen molar-refractivity contribution < 1.29 is 4.79 Å². The SMILES string of the molecule is CC(C)NC(=O)[C@H](C)Sc1nc2ccccc2c(=O)n1C1CC1. The van der Waals surface area contributed by atoms with E-state index in [1.54, 1.807) is 4.57 Å². The summed E-state index contributed by atoms with van der Waals surface area (Å²) >= 11 is 1.36. The molecular formula is C17H21N3O2S. The van der Waals surface area contributed by atoms with Gasteiger partial charge in [-0.3, -0.25) is 14.2 Å². The van der Waals surface area contributed by atoms with Crippen LogP contribution in [0.1, 0.15) is 39.7 Å². The molecule has 0 saturated heterocycles. The van der Waals surface area contributed by atoms with Crippen molar-refractivity contribution in [1.82, 2.24) is 14.9 Å². The molecule has 3 rings (SSSR count). The molecule has 1 aromatic carbocycles. The lowest BCUT2D eigenvalue weighted by molar-refractivity contribution is -0.120. The van der Waals surface area contributed by atoms with Crippen LogP contribution in [0.4, 0.5) is 0 Å². The van der Waals surface area contributed by atoms with Crippen molar-refractivity contribution in [3.63, 3.8) is 0 Å². The normalized spacial score (nSPS) is 15.8. The van der Waals surface area contributed by atoms with Gasteiger partial charge in [-0.2, -0.15) is 0 Å². The fraction of sp³-hybridized carbons (Fsp3) is 0.471. The van der Waals surface area contributed by atoms with Gasteiger partial charge in [0, 0.05) is 12.1 Å². The number of fused-ring (bicyclic) bond motifs is 1. The maximum absolute atomic E-state index is 12.8. The van der Waals surface area contributed by atoms with E-state index in [4.69, 9.17) is 0 Å². The summed E-state index contributed by atoms with van der Waals surface area (Å²) < 4.78 is 1.77. The van der Waals surface area contributed by atoms with E-state index < -0.39 is 0 Å². The number of nitrogens with one attached hydrogen (secondary N) is 1. The average Bonchev–Trinajstić information content (AvgIpc) is 3.31. The Balaban J connectivity index is 1.98. The van der Waals surface area contributed by atoms with Crippen LogP contribution in [-0.4, -0.2) is 26.8 Å². The largest absolute Gasteiger partial charge is 0.353 e. The molecule has 0 spiro atoms. The highest BCUT2D eigenvalue weighted by atomic mass is 32.2. The zero-order valence-electron chi connectivity index (χ0n) is 13.6. The van der Waals surface area contributed by atoms with Crippen LogP contribution in [0.5, 0.6) is 0 Å². The third-order valence-electron chi connectivity index (χ3n) is 3.77. The molecule has 0 aliphatic heterocycles. The van der Waals surface area contributed by atoms with Crippen LogP contribution in [0.2, 0.25) is 0 Å². The smallest absolute Gasteiger partial charge is 0.262 e. The molecule has 2 aromatic rings. The molecule has 1 aliphatic rings. The minimum absolute atomic E-state index is 0.00272. The number of aromatic nitrogens is 2. The predicted molar refractivity (Wildman–Crippen MR) is 92.9 cm³/mol. The van der Waals surface area contributed by atoms with E-state index in [9.17, 15) is 9.59 Å². The lowest BCUT2D eigenvalue weighted by Crippen LogP contribution is -2.36. The highest BCUT2D eigenvalue weighted by Crippen LogP contribution is 2.37. The van der Waals surface area contributed by atoms with E-state index in [0.29, 0.717) is 16.1 Å². The number of thioether (sulfide) groups is 1. The highest BCUT2D eigenvalue weighted by molar-refractivity contribution is 8.00. The van der Waals surface area contributed by atoms with Crippen molar-refractivity contribution in [2.75, 3.05) is 0 Å². The fourth-order valence-electron chi connectivity index (χ4n) is 2.48. The Morgan fingerprint density at radius 2 is 2.00 bits per heavy atom. The molecule has 1 saturated carbocycles. The van der Waals surface area contributed by atoms with Crippen LogP contribution in [-0.2, 0) is 4.79 Å². The van der Waals surface area contributed by atoms with Gasteiger partial charge in [0.1, 0.15) is 0 Å². The van der Waals surface area contributed by atoms with Crippen molar-refractivity contribution in [3.05, 3.63) is 34.6 Å². The summed E-state index contributed by atoms with van der Waals surface area (Å²) in [5.74, 6) is -0.0326. The van der Waals surface area contributed by atoms with Gasteiger partial charge in [-0.25, -0.2) is 4.98 Å². The van der Waals surface area contributed by atoms with E-state index in [2.05, 4.69) is 10.3 Å². The molecule has 1 heterocycles. The van der Waals surface area contributed by atoms with Gasteiger partial charge in [0.15, 0.2) is 5.16 Å². The van der Waals surface area contributed by atoms with Crippen molar-refractivity contribution in [2.45, 2.75) is 56.1 Å². The summed E-state index contributed by atoms with van der Waals surface area (Å²) in [6.07, 6.45) is 2.00. The summed E-state index contributed by atoms with van der Waals surface area (Å²) in [6, 6.07) is 7.71. The van der Waals surface area contributed by atoms with Gasteiger partial charge in [0.05, 0.1) is 16.2 Å². The number of nitrogens with zero attached hydrogens (tertiary/aromatic N) is 2. The number of amides is 1. The number of carbonyl (C=O) groups is 1. The standard InChI is InChI=1S/C17H21N3O2S/c1-10(2)18-15(21)11(3)23-17-19-14-7-5-4-6-13(14)16(22)20(17)12-8-9-12/h4-7,10-12H,8-9H2,1-3H3,(H,18,21)/t11-/m0/s1. The average molecular weight is 331 g/mol. The zero-order chi connectivity index (χ0) is 16.6. The second-order valence-electron chi connectivity index (χ2n) is 6.24. The number of rotatable bonds is 5. The van der Waals surface area contributed by atoms with Crippen LogP contribution in [0.25, 0.3) is 10.9 Å². The molecule has 1 amide bonds. The van der Waals surface area contributed by atoms with Crippen LogP contribution in [0.15, 0.2) is 34.2 Å². The molecule has 1 atom stereocenters. The number of hydrogen-bond acceptors (Lipinski definition) is 4. The molecule has 0 unspecified atom stereocenters. The van der Waals surface area contributed by atoms with E-state index in [1.165, 1.54) is 11.8 Å². The fourth-order valence-corrected chi connectivity index (χ4v) is 3.46. The van der Waals surface area contributed by atoms with Gasteiger partial charge in [-0.15, -0.1) is 0 Å². The Bertz CT molecular complexity index is 796. The maximum Gasteiger partial charge on any atom is 0.262 e. The summed E-state index contributed by atoms with van der Waals surface area (Å²) in [6.45, 7) is 5.72. The Morgan fingerprint density at radius 3 is 2.65 bits per heavy atom. The van der Waals surface area contributed by atoms with E-state index in [-0.39, 0.29) is 28.8 Å². The minimum atomic E-state index is -0.296.